The molecule has 2 aromatic carbocycles. The lowest BCUT2D eigenvalue weighted by Gasteiger charge is -2.41. The normalized spacial score (nSPS) is 20.7. The van der Waals surface area contributed by atoms with Crippen LogP contribution in [0.4, 0.5) is 11.4 Å². The molecular weight excluding hydrogens is 592 g/mol. The van der Waals surface area contributed by atoms with Gasteiger partial charge in [0.05, 0.1) is 31.5 Å². The lowest BCUT2D eigenvalue weighted by Crippen LogP contribution is -2.43. The van der Waals surface area contributed by atoms with Crippen LogP contribution in [0.15, 0.2) is 71.5 Å². The molecule has 1 unspecified atom stereocenters. The minimum atomic E-state index is -0.278. The second-order valence-electron chi connectivity index (χ2n) is 11.8. The van der Waals surface area contributed by atoms with Crippen molar-refractivity contribution in [2.45, 2.75) is 51.0 Å². The number of piperidine rings is 3. The number of hydrogen-bond donors (Lipinski definition) is 0. The number of imide groups is 1. The van der Waals surface area contributed by atoms with Crippen LogP contribution in [-0.2, 0) is 16.1 Å². The maximum atomic E-state index is 13.4. The Morgan fingerprint density at radius 1 is 0.786 bits per heavy atom. The Balaban J connectivity index is 1.01. The Bertz CT molecular complexity index is 1360. The number of aromatic nitrogens is 1. The van der Waals surface area contributed by atoms with Gasteiger partial charge < -0.3 is 14.5 Å². The van der Waals surface area contributed by atoms with Crippen LogP contribution >= 0.6 is 15.9 Å². The largest absolute Gasteiger partial charge is 0.497 e. The van der Waals surface area contributed by atoms with E-state index in [0.717, 1.165) is 59.5 Å². The highest BCUT2D eigenvalue weighted by molar-refractivity contribution is 9.10. The smallest absolute Gasteiger partial charge is 0.237 e. The second-order valence-corrected chi connectivity index (χ2v) is 12.6. The molecule has 3 aliphatic heterocycles. The number of anilines is 2. The molecule has 3 aromatic rings. The fourth-order valence-corrected chi connectivity index (χ4v) is 7.19. The van der Waals surface area contributed by atoms with Crippen LogP contribution in [0.2, 0.25) is 0 Å². The van der Waals surface area contributed by atoms with Gasteiger partial charge in [-0.2, -0.15) is 0 Å². The molecule has 1 atom stereocenters. The van der Waals surface area contributed by atoms with Gasteiger partial charge in [-0.05, 0) is 107 Å². The van der Waals surface area contributed by atoms with E-state index in [1.54, 1.807) is 7.11 Å². The Labute approximate surface area is 257 Å². The third kappa shape index (κ3) is 6.33. The van der Waals surface area contributed by atoms with E-state index in [1.165, 1.54) is 42.0 Å². The van der Waals surface area contributed by atoms with Crippen molar-refractivity contribution < 1.29 is 14.3 Å². The quantitative estimate of drug-likeness (QED) is 0.222. The number of pyridine rings is 1. The Morgan fingerprint density at radius 2 is 1.38 bits per heavy atom. The maximum absolute atomic E-state index is 13.4. The molecule has 2 amide bonds. The number of halogens is 1. The summed E-state index contributed by atoms with van der Waals surface area (Å²) in [7, 11) is 1.62. The summed E-state index contributed by atoms with van der Waals surface area (Å²) in [5.74, 6) is 1.88. The Hall–Kier alpha value is -3.39. The predicted molar refractivity (Wildman–Crippen MR) is 169 cm³/mol. The summed E-state index contributed by atoms with van der Waals surface area (Å²) in [6.07, 6.45) is 7.90. The molecule has 3 fully saturated rings. The van der Waals surface area contributed by atoms with Crippen molar-refractivity contribution in [2.75, 3.05) is 43.1 Å². The van der Waals surface area contributed by atoms with Gasteiger partial charge in [-0.1, -0.05) is 24.3 Å². The average molecular weight is 632 g/mol. The zero-order valence-electron chi connectivity index (χ0n) is 24.3. The number of amides is 2. The molecule has 1 aromatic heterocycles. The zero-order valence-corrected chi connectivity index (χ0v) is 25.8. The first-order chi connectivity index (χ1) is 20.5. The van der Waals surface area contributed by atoms with E-state index < -0.39 is 0 Å². The van der Waals surface area contributed by atoms with Gasteiger partial charge in [0.15, 0.2) is 0 Å². The topological polar surface area (TPSA) is 66.0 Å². The molecule has 0 spiro atoms. The summed E-state index contributed by atoms with van der Waals surface area (Å²) in [5, 5.41) is 0. The Kier molecular flexibility index (Phi) is 8.79. The molecule has 4 heterocycles. The molecular formula is C34H39BrN4O3. The number of rotatable bonds is 7. The van der Waals surface area contributed by atoms with Gasteiger partial charge in [0.1, 0.15) is 10.4 Å². The van der Waals surface area contributed by atoms with Crippen LogP contribution in [0.3, 0.4) is 0 Å². The lowest BCUT2D eigenvalue weighted by molar-refractivity contribution is -0.150. The average Bonchev–Trinajstić information content (AvgIpc) is 3.04. The van der Waals surface area contributed by atoms with Crippen LogP contribution in [-0.4, -0.2) is 55.0 Å². The van der Waals surface area contributed by atoms with Crippen molar-refractivity contribution in [3.63, 3.8) is 0 Å². The van der Waals surface area contributed by atoms with Gasteiger partial charge >= 0.3 is 0 Å². The van der Waals surface area contributed by atoms with Gasteiger partial charge in [-0.15, -0.1) is 0 Å². The van der Waals surface area contributed by atoms with E-state index in [2.05, 4.69) is 61.0 Å². The minimum absolute atomic E-state index is 0.0949. The third-order valence-corrected chi connectivity index (χ3v) is 9.96. The number of carbonyl (C=O) groups is 2. The number of carbonyl (C=O) groups excluding carboxylic acids is 2. The van der Waals surface area contributed by atoms with Crippen molar-refractivity contribution >= 4 is 39.1 Å². The molecule has 7 nitrogen and oxygen atoms in total. The van der Waals surface area contributed by atoms with Crippen LogP contribution in [0.25, 0.3) is 0 Å². The summed E-state index contributed by atoms with van der Waals surface area (Å²) in [6.45, 7) is 4.67. The number of nitrogens with zero attached hydrogens (tertiary/aromatic N) is 4. The van der Waals surface area contributed by atoms with Crippen LogP contribution in [0.1, 0.15) is 55.6 Å². The summed E-state index contributed by atoms with van der Waals surface area (Å²) in [5.41, 5.74) is 4.37. The minimum Gasteiger partial charge on any atom is -0.497 e. The van der Waals surface area contributed by atoms with Crippen LogP contribution in [0.5, 0.6) is 5.75 Å². The van der Waals surface area contributed by atoms with E-state index in [1.807, 2.05) is 36.5 Å². The highest BCUT2D eigenvalue weighted by Crippen LogP contribution is 2.36. The fraction of sp³-hybridized carbons (Fsp3) is 0.441. The highest BCUT2D eigenvalue weighted by atomic mass is 79.9. The summed E-state index contributed by atoms with van der Waals surface area (Å²) >= 11 is 3.43. The van der Waals surface area contributed by atoms with Crippen molar-refractivity contribution in [3.8, 4) is 5.75 Å². The number of likely N-dealkylation sites (tertiary alicyclic amines) is 1. The van der Waals surface area contributed by atoms with Crippen LogP contribution < -0.4 is 14.5 Å². The van der Waals surface area contributed by atoms with Gasteiger partial charge in [-0.25, -0.2) is 4.98 Å². The summed E-state index contributed by atoms with van der Waals surface area (Å²) < 4.78 is 6.11. The molecule has 0 bridgehead atoms. The third-order valence-electron chi connectivity index (χ3n) is 9.50. The number of ether oxygens (including phenoxy) is 1. The molecule has 0 aliphatic carbocycles. The van der Waals surface area contributed by atoms with Gasteiger partial charge in [0.2, 0.25) is 11.8 Å². The molecule has 6 rings (SSSR count). The zero-order chi connectivity index (χ0) is 29.1. The fourth-order valence-electron chi connectivity index (χ4n) is 6.96. The number of methoxy groups -OCH3 is 1. The van der Waals surface area contributed by atoms with E-state index in [4.69, 9.17) is 4.74 Å². The monoisotopic (exact) mass is 630 g/mol. The van der Waals surface area contributed by atoms with Crippen molar-refractivity contribution in [3.05, 3.63) is 82.6 Å². The lowest BCUT2D eigenvalue weighted by atomic mass is 9.78. The van der Waals surface area contributed by atoms with E-state index >= 15 is 0 Å². The highest BCUT2D eigenvalue weighted by Gasteiger charge is 2.35. The van der Waals surface area contributed by atoms with Crippen molar-refractivity contribution in [2.24, 2.45) is 11.8 Å². The molecule has 3 aliphatic rings. The van der Waals surface area contributed by atoms with E-state index in [0.29, 0.717) is 19.4 Å². The standard InChI is InChI=1S/C34H39BrN4O3/c1-42-30-9-2-24(3-10-30)23-39-33(40)13-11-31(34(39)41)27-4-6-28(7-5-27)37-18-14-25(15-19-37)26-16-20-38(21-17-26)29-8-12-32(35)36-22-29/h2-10,12,22,25-26,31H,11,13-21,23H2,1H3. The maximum Gasteiger partial charge on any atom is 0.237 e. The number of hydrogen-bond acceptors (Lipinski definition) is 6. The molecule has 42 heavy (non-hydrogen) atoms. The SMILES string of the molecule is COc1ccc(CN2C(=O)CCC(c3ccc(N4CCC(C5CCN(c6ccc(Br)nc6)CC5)CC4)cc3)C2=O)cc1. The van der Waals surface area contributed by atoms with E-state index in [9.17, 15) is 9.59 Å². The van der Waals surface area contributed by atoms with Gasteiger partial charge in [-0.3, -0.25) is 14.5 Å². The Morgan fingerprint density at radius 3 is 1.95 bits per heavy atom. The van der Waals surface area contributed by atoms with Crippen molar-refractivity contribution in [1.29, 1.82) is 0 Å². The second kappa shape index (κ2) is 12.9. The van der Waals surface area contributed by atoms with Crippen molar-refractivity contribution in [1.82, 2.24) is 9.88 Å². The first kappa shape index (κ1) is 28.7. The summed E-state index contributed by atoms with van der Waals surface area (Å²) in [6, 6.07) is 20.2. The summed E-state index contributed by atoms with van der Waals surface area (Å²) in [4.78, 5) is 36.9. The predicted octanol–water partition coefficient (Wildman–Crippen LogP) is 6.42. The first-order valence-electron chi connectivity index (χ1n) is 15.2. The first-order valence-corrected chi connectivity index (χ1v) is 16.0. The molecule has 8 heteroatoms. The van der Waals surface area contributed by atoms with Gasteiger partial charge in [0, 0.05) is 38.3 Å². The molecule has 0 N–H and O–H groups in total. The van der Waals surface area contributed by atoms with E-state index in [-0.39, 0.29) is 17.7 Å². The van der Waals surface area contributed by atoms with Crippen LogP contribution in [0, 0.1) is 11.8 Å². The molecule has 0 radical (unpaired) electrons. The molecule has 220 valence electrons. The number of benzene rings is 2. The molecule has 0 saturated carbocycles. The van der Waals surface area contributed by atoms with Gasteiger partial charge in [0.25, 0.3) is 0 Å². The molecule has 3 saturated heterocycles.